The Morgan fingerprint density at radius 1 is 1.06 bits per heavy atom. The van der Waals surface area contributed by atoms with Crippen molar-refractivity contribution in [2.45, 2.75) is 50.6 Å². The summed E-state index contributed by atoms with van der Waals surface area (Å²) in [6.07, 6.45) is 10.1. The van der Waals surface area contributed by atoms with Crippen molar-refractivity contribution in [1.82, 2.24) is 14.8 Å². The van der Waals surface area contributed by atoms with E-state index in [2.05, 4.69) is 20.9 Å². The van der Waals surface area contributed by atoms with Gasteiger partial charge >= 0.3 is 0 Å². The summed E-state index contributed by atoms with van der Waals surface area (Å²) in [6, 6.07) is 6.80. The number of hydrogen-bond donors (Lipinski definition) is 1. The van der Waals surface area contributed by atoms with Crippen molar-refractivity contribution in [2.75, 3.05) is 33.9 Å². The van der Waals surface area contributed by atoms with Crippen LogP contribution in [-0.4, -0.2) is 66.6 Å². The lowest BCUT2D eigenvalue weighted by molar-refractivity contribution is 0.00134. The average Bonchev–Trinajstić information content (AvgIpc) is 3.25. The van der Waals surface area contributed by atoms with E-state index in [-0.39, 0.29) is 11.9 Å². The van der Waals surface area contributed by atoms with Crippen LogP contribution in [0, 0.1) is 11.8 Å². The van der Waals surface area contributed by atoms with Gasteiger partial charge in [-0.15, -0.1) is 0 Å². The number of fused-ring (bicyclic) bond motifs is 7. The van der Waals surface area contributed by atoms with E-state index in [1.54, 1.807) is 14.2 Å². The van der Waals surface area contributed by atoms with E-state index in [1.807, 2.05) is 18.2 Å². The number of aromatic nitrogens is 1. The van der Waals surface area contributed by atoms with Gasteiger partial charge in [0.25, 0.3) is 5.91 Å². The summed E-state index contributed by atoms with van der Waals surface area (Å²) in [6.45, 7) is 3.22. The first kappa shape index (κ1) is 20.2. The molecule has 6 heteroatoms. The summed E-state index contributed by atoms with van der Waals surface area (Å²) < 4.78 is 10.9. The largest absolute Gasteiger partial charge is 0.493 e. The molecular formula is C26H33N3O3. The summed E-state index contributed by atoms with van der Waals surface area (Å²) in [7, 11) is 3.27. The fraction of sp³-hybridized carbons (Fsp3) is 0.577. The first-order valence-electron chi connectivity index (χ1n) is 12.2. The van der Waals surface area contributed by atoms with Crippen molar-refractivity contribution in [1.29, 1.82) is 0 Å². The Bertz CT molecular complexity index is 1030. The minimum absolute atomic E-state index is 0.119. The Morgan fingerprint density at radius 3 is 2.75 bits per heavy atom. The number of H-pyrrole nitrogens is 1. The maximum absolute atomic E-state index is 13.8. The van der Waals surface area contributed by atoms with Gasteiger partial charge in [-0.25, -0.2) is 0 Å². The quantitative estimate of drug-likeness (QED) is 0.734. The molecule has 0 radical (unpaired) electrons. The van der Waals surface area contributed by atoms with Gasteiger partial charge < -0.3 is 19.4 Å². The molecule has 6 rings (SSSR count). The van der Waals surface area contributed by atoms with E-state index in [1.165, 1.54) is 37.8 Å². The maximum atomic E-state index is 13.8. The number of aromatic amines is 1. The lowest BCUT2D eigenvalue weighted by Gasteiger charge is -2.54. The van der Waals surface area contributed by atoms with Crippen LogP contribution in [0.3, 0.4) is 0 Å². The van der Waals surface area contributed by atoms with E-state index in [4.69, 9.17) is 9.47 Å². The highest BCUT2D eigenvalue weighted by Crippen LogP contribution is 2.45. The summed E-state index contributed by atoms with van der Waals surface area (Å²) >= 11 is 0. The molecule has 0 unspecified atom stereocenters. The third kappa shape index (κ3) is 3.14. The van der Waals surface area contributed by atoms with Crippen molar-refractivity contribution in [3.05, 3.63) is 35.5 Å². The van der Waals surface area contributed by atoms with E-state index in [9.17, 15) is 4.79 Å². The van der Waals surface area contributed by atoms with Crippen LogP contribution in [0.25, 0.3) is 10.9 Å². The van der Waals surface area contributed by atoms with E-state index < -0.39 is 0 Å². The fourth-order valence-corrected chi connectivity index (χ4v) is 6.93. The normalized spacial score (nSPS) is 29.8. The van der Waals surface area contributed by atoms with Crippen molar-refractivity contribution in [3.8, 4) is 11.5 Å². The Morgan fingerprint density at radius 2 is 1.91 bits per heavy atom. The molecule has 1 amide bonds. The summed E-state index contributed by atoms with van der Waals surface area (Å²) in [5, 5.41) is 0.969. The lowest BCUT2D eigenvalue weighted by atomic mass is 9.68. The number of rotatable bonds is 3. The molecule has 3 aliphatic heterocycles. The van der Waals surface area contributed by atoms with Gasteiger partial charge in [0, 0.05) is 36.1 Å². The second-order valence-electron chi connectivity index (χ2n) is 9.98. The molecule has 1 aliphatic carbocycles. The molecule has 2 bridgehead atoms. The summed E-state index contributed by atoms with van der Waals surface area (Å²) in [4.78, 5) is 22.0. The van der Waals surface area contributed by atoms with Crippen LogP contribution in [0.2, 0.25) is 0 Å². The van der Waals surface area contributed by atoms with Crippen LogP contribution >= 0.6 is 0 Å². The maximum Gasteiger partial charge on any atom is 0.270 e. The summed E-state index contributed by atoms with van der Waals surface area (Å²) in [5.41, 5.74) is 3.08. The van der Waals surface area contributed by atoms with Crippen molar-refractivity contribution in [3.63, 3.8) is 0 Å². The van der Waals surface area contributed by atoms with E-state index in [0.29, 0.717) is 29.0 Å². The monoisotopic (exact) mass is 435 g/mol. The minimum atomic E-state index is 0.119. The van der Waals surface area contributed by atoms with Crippen LogP contribution in [-0.2, 0) is 0 Å². The third-order valence-electron chi connectivity index (χ3n) is 8.27. The van der Waals surface area contributed by atoms with Crippen LogP contribution in [0.5, 0.6) is 11.5 Å². The number of nitrogens with zero attached hydrogens (tertiary/aromatic N) is 2. The second-order valence-corrected chi connectivity index (χ2v) is 9.98. The van der Waals surface area contributed by atoms with Crippen LogP contribution in [0.4, 0.5) is 0 Å². The van der Waals surface area contributed by atoms with E-state index >= 15 is 0 Å². The first-order chi connectivity index (χ1) is 15.7. The molecule has 170 valence electrons. The number of likely N-dealkylation sites (tertiary alicyclic amines) is 1. The van der Waals surface area contributed by atoms with Gasteiger partial charge in [0.05, 0.1) is 20.3 Å². The highest BCUT2D eigenvalue weighted by molar-refractivity contribution is 5.99. The van der Waals surface area contributed by atoms with Crippen LogP contribution in [0.1, 0.15) is 49.0 Å². The predicted molar refractivity (Wildman–Crippen MR) is 124 cm³/mol. The Labute approximate surface area is 189 Å². The number of nitrogens with one attached hydrogen (secondary N) is 1. The van der Waals surface area contributed by atoms with Gasteiger partial charge in [-0.05, 0) is 62.6 Å². The Hall–Kier alpha value is -2.47. The van der Waals surface area contributed by atoms with Gasteiger partial charge in [0.1, 0.15) is 5.69 Å². The number of ether oxygens (including phenoxy) is 2. The van der Waals surface area contributed by atoms with Gasteiger partial charge in [0.15, 0.2) is 11.5 Å². The number of carbonyl (C=O) groups excluding carboxylic acids is 1. The average molecular weight is 436 g/mol. The fourth-order valence-electron chi connectivity index (χ4n) is 6.93. The molecule has 6 nitrogen and oxygen atoms in total. The number of carbonyl (C=O) groups is 1. The van der Waals surface area contributed by atoms with Crippen molar-refractivity contribution < 1.29 is 14.3 Å². The topological polar surface area (TPSA) is 57.8 Å². The zero-order chi connectivity index (χ0) is 21.8. The molecule has 2 aromatic rings. The number of amides is 1. The number of methoxy groups -OCH3 is 2. The zero-order valence-electron chi connectivity index (χ0n) is 19.1. The minimum Gasteiger partial charge on any atom is -0.493 e. The zero-order valence-corrected chi connectivity index (χ0v) is 19.1. The number of piperidine rings is 3. The molecular weight excluding hydrogens is 402 g/mol. The molecule has 32 heavy (non-hydrogen) atoms. The number of hydrogen-bond acceptors (Lipinski definition) is 4. The van der Waals surface area contributed by atoms with E-state index in [0.717, 1.165) is 42.9 Å². The molecule has 3 saturated heterocycles. The lowest BCUT2D eigenvalue weighted by Crippen LogP contribution is -2.60. The van der Waals surface area contributed by atoms with Gasteiger partial charge in [-0.3, -0.25) is 9.69 Å². The van der Waals surface area contributed by atoms with Crippen LogP contribution in [0.15, 0.2) is 29.8 Å². The Balaban J connectivity index is 1.32. The molecule has 4 heterocycles. The highest BCUT2D eigenvalue weighted by Gasteiger charge is 2.47. The third-order valence-corrected chi connectivity index (χ3v) is 8.27. The van der Waals surface area contributed by atoms with Crippen LogP contribution < -0.4 is 9.47 Å². The van der Waals surface area contributed by atoms with Gasteiger partial charge in [-0.2, -0.15) is 0 Å². The molecule has 1 N–H and O–H groups in total. The summed E-state index contributed by atoms with van der Waals surface area (Å²) in [5.74, 6) is 2.71. The smallest absolute Gasteiger partial charge is 0.270 e. The second kappa shape index (κ2) is 7.84. The molecule has 1 aromatic heterocycles. The van der Waals surface area contributed by atoms with Gasteiger partial charge in [-0.1, -0.05) is 18.1 Å². The molecule has 0 saturated carbocycles. The van der Waals surface area contributed by atoms with Crippen molar-refractivity contribution >= 4 is 16.8 Å². The number of benzene rings is 1. The van der Waals surface area contributed by atoms with Gasteiger partial charge in [0.2, 0.25) is 0 Å². The SMILES string of the molecule is COc1cc2cc(C(=O)N3CCCC4=C[C@H]5C[C@@H](CN6CCCC[C@H]56)[C@H]43)[nH]c2cc1OC. The highest BCUT2D eigenvalue weighted by atomic mass is 16.5. The molecule has 4 aliphatic rings. The Kier molecular flexibility index (Phi) is 4.94. The first-order valence-corrected chi connectivity index (χ1v) is 12.2. The predicted octanol–water partition coefficient (Wildman–Crippen LogP) is 4.22. The standard InChI is InChI=1S/C26H33N3O3/c1-31-23-13-17-12-21(27-20(17)14-24(23)32-2)26(30)29-9-5-6-16-10-18-11-19(25(16)29)15-28-8-4-3-7-22(18)28/h10,12-14,18-19,22,25,27H,3-9,11,15H2,1-2H3/t18-,19-,22+,25-/m0/s1. The van der Waals surface area contributed by atoms with Crippen molar-refractivity contribution in [2.24, 2.45) is 11.8 Å². The molecule has 3 fully saturated rings. The molecule has 1 aromatic carbocycles. The molecule has 0 spiro atoms. The molecule has 4 atom stereocenters.